The molecule has 4 nitrogen and oxygen atoms in total. The molecule has 6 rings (SSSR count). The Morgan fingerprint density at radius 1 is 1.00 bits per heavy atom. The van der Waals surface area contributed by atoms with Crippen molar-refractivity contribution < 1.29 is 9.90 Å². The van der Waals surface area contributed by atoms with E-state index in [9.17, 15) is 9.90 Å². The SMILES string of the molecule is O=C(NC[C@H]1CC2c3ccccc3C1c1ccccc12)N(CCO)C1CC1. The van der Waals surface area contributed by atoms with Gasteiger partial charge < -0.3 is 15.3 Å². The first kappa shape index (κ1) is 16.8. The van der Waals surface area contributed by atoms with Crippen molar-refractivity contribution in [2.45, 2.75) is 37.1 Å². The summed E-state index contributed by atoms with van der Waals surface area (Å²) in [5, 5.41) is 12.4. The summed E-state index contributed by atoms with van der Waals surface area (Å²) in [6.07, 6.45) is 3.20. The maximum absolute atomic E-state index is 12.7. The van der Waals surface area contributed by atoms with E-state index >= 15 is 0 Å². The number of nitrogens with zero attached hydrogens (tertiary/aromatic N) is 1. The number of benzene rings is 2. The van der Waals surface area contributed by atoms with Crippen LogP contribution >= 0.6 is 0 Å². The van der Waals surface area contributed by atoms with Crippen LogP contribution in [0.3, 0.4) is 0 Å². The number of nitrogens with one attached hydrogen (secondary N) is 1. The molecule has 0 spiro atoms. The van der Waals surface area contributed by atoms with Crippen molar-refractivity contribution >= 4 is 6.03 Å². The third-order valence-corrected chi connectivity index (χ3v) is 6.53. The van der Waals surface area contributed by atoms with Gasteiger partial charge in [0.15, 0.2) is 0 Å². The summed E-state index contributed by atoms with van der Waals surface area (Å²) < 4.78 is 0. The minimum absolute atomic E-state index is 0.0189. The first-order chi connectivity index (χ1) is 13.3. The summed E-state index contributed by atoms with van der Waals surface area (Å²) in [6.45, 7) is 1.15. The van der Waals surface area contributed by atoms with E-state index in [1.807, 2.05) is 4.90 Å². The van der Waals surface area contributed by atoms with Crippen molar-refractivity contribution in [1.82, 2.24) is 10.2 Å². The van der Waals surface area contributed by atoms with Crippen molar-refractivity contribution in [3.63, 3.8) is 0 Å². The van der Waals surface area contributed by atoms with E-state index in [4.69, 9.17) is 0 Å². The lowest BCUT2D eigenvalue weighted by atomic mass is 9.59. The molecular weight excluding hydrogens is 336 g/mol. The van der Waals surface area contributed by atoms with Crippen molar-refractivity contribution in [2.24, 2.45) is 5.92 Å². The van der Waals surface area contributed by atoms with E-state index < -0.39 is 0 Å². The average molecular weight is 362 g/mol. The van der Waals surface area contributed by atoms with Gasteiger partial charge in [0.2, 0.25) is 0 Å². The molecule has 0 heterocycles. The monoisotopic (exact) mass is 362 g/mol. The van der Waals surface area contributed by atoms with Gasteiger partial charge in [-0.3, -0.25) is 0 Å². The van der Waals surface area contributed by atoms with Gasteiger partial charge in [0.1, 0.15) is 0 Å². The van der Waals surface area contributed by atoms with Crippen LogP contribution in [0, 0.1) is 5.92 Å². The Kier molecular flexibility index (Phi) is 4.16. The highest BCUT2D eigenvalue weighted by molar-refractivity contribution is 5.75. The number of urea groups is 1. The molecule has 0 aromatic heterocycles. The molecule has 4 aliphatic rings. The molecule has 2 aromatic rings. The van der Waals surface area contributed by atoms with Gasteiger partial charge in [-0.1, -0.05) is 48.5 Å². The van der Waals surface area contributed by atoms with Crippen LogP contribution in [-0.4, -0.2) is 41.8 Å². The first-order valence-corrected chi connectivity index (χ1v) is 10.1. The van der Waals surface area contributed by atoms with E-state index in [1.54, 1.807) is 0 Å². The van der Waals surface area contributed by atoms with Gasteiger partial charge >= 0.3 is 6.03 Å². The van der Waals surface area contributed by atoms with Crippen LogP contribution in [0.15, 0.2) is 48.5 Å². The number of carbonyl (C=O) groups is 1. The Morgan fingerprint density at radius 3 is 2.15 bits per heavy atom. The highest BCUT2D eigenvalue weighted by Gasteiger charge is 2.43. The molecule has 2 amide bonds. The number of carbonyl (C=O) groups excluding carboxylic acids is 1. The van der Waals surface area contributed by atoms with E-state index in [0.717, 1.165) is 19.3 Å². The number of hydrogen-bond donors (Lipinski definition) is 2. The molecule has 27 heavy (non-hydrogen) atoms. The predicted octanol–water partition coefficient (Wildman–Crippen LogP) is 3.45. The van der Waals surface area contributed by atoms with Crippen LogP contribution in [0.5, 0.6) is 0 Å². The normalized spacial score (nSPS) is 24.9. The number of amides is 2. The lowest BCUT2D eigenvalue weighted by molar-refractivity contribution is 0.171. The Hall–Kier alpha value is -2.33. The molecule has 1 saturated carbocycles. The highest BCUT2D eigenvalue weighted by atomic mass is 16.3. The lowest BCUT2D eigenvalue weighted by Crippen LogP contribution is -2.46. The molecule has 0 aliphatic heterocycles. The molecule has 0 unspecified atom stereocenters. The van der Waals surface area contributed by atoms with Crippen molar-refractivity contribution in [1.29, 1.82) is 0 Å². The lowest BCUT2D eigenvalue weighted by Gasteiger charge is -2.45. The Labute approximate surface area is 160 Å². The minimum Gasteiger partial charge on any atom is -0.395 e. The van der Waals surface area contributed by atoms with E-state index in [1.165, 1.54) is 22.3 Å². The molecule has 0 saturated heterocycles. The molecule has 2 bridgehead atoms. The van der Waals surface area contributed by atoms with Gasteiger partial charge in [0.05, 0.1) is 6.61 Å². The van der Waals surface area contributed by atoms with Gasteiger partial charge in [-0.05, 0) is 47.4 Å². The molecule has 4 heteroatoms. The number of hydrogen-bond acceptors (Lipinski definition) is 2. The summed E-state index contributed by atoms with van der Waals surface area (Å²) in [7, 11) is 0. The third-order valence-electron chi connectivity index (χ3n) is 6.53. The maximum atomic E-state index is 12.7. The Balaban J connectivity index is 1.38. The minimum atomic E-state index is -0.0189. The fourth-order valence-corrected chi connectivity index (χ4v) is 5.22. The summed E-state index contributed by atoms with van der Waals surface area (Å²) in [6, 6.07) is 17.9. The second kappa shape index (κ2) is 6.68. The molecule has 0 radical (unpaired) electrons. The summed E-state index contributed by atoms with van der Waals surface area (Å²) >= 11 is 0. The average Bonchev–Trinajstić information content (AvgIpc) is 3.55. The topological polar surface area (TPSA) is 52.6 Å². The van der Waals surface area contributed by atoms with Crippen LogP contribution in [0.25, 0.3) is 0 Å². The maximum Gasteiger partial charge on any atom is 0.317 e. The van der Waals surface area contributed by atoms with Gasteiger partial charge in [-0.15, -0.1) is 0 Å². The van der Waals surface area contributed by atoms with Gasteiger partial charge in [0.25, 0.3) is 0 Å². The van der Waals surface area contributed by atoms with Gasteiger partial charge in [0, 0.05) is 31.0 Å². The molecule has 2 N–H and O–H groups in total. The number of aliphatic hydroxyl groups excluding tert-OH is 1. The van der Waals surface area contributed by atoms with Crippen molar-refractivity contribution in [2.75, 3.05) is 19.7 Å². The highest BCUT2D eigenvalue weighted by Crippen LogP contribution is 2.55. The fourth-order valence-electron chi connectivity index (χ4n) is 5.22. The largest absolute Gasteiger partial charge is 0.395 e. The first-order valence-electron chi connectivity index (χ1n) is 10.1. The smallest absolute Gasteiger partial charge is 0.317 e. The molecule has 1 atom stereocenters. The van der Waals surface area contributed by atoms with Gasteiger partial charge in [-0.25, -0.2) is 4.79 Å². The molecular formula is C23H26N2O2. The van der Waals surface area contributed by atoms with Crippen LogP contribution in [0.2, 0.25) is 0 Å². The van der Waals surface area contributed by atoms with Crippen LogP contribution in [0.1, 0.15) is 53.4 Å². The molecule has 1 fully saturated rings. The van der Waals surface area contributed by atoms with E-state index in [2.05, 4.69) is 53.8 Å². The zero-order valence-electron chi connectivity index (χ0n) is 15.5. The number of aliphatic hydroxyl groups is 1. The zero-order valence-corrected chi connectivity index (χ0v) is 15.5. The fraction of sp³-hybridized carbons (Fsp3) is 0.435. The van der Waals surface area contributed by atoms with E-state index in [0.29, 0.717) is 36.9 Å². The quantitative estimate of drug-likeness (QED) is 0.856. The number of rotatable bonds is 5. The summed E-state index contributed by atoms with van der Waals surface area (Å²) in [4.78, 5) is 14.5. The Morgan fingerprint density at radius 2 is 1.59 bits per heavy atom. The molecule has 140 valence electrons. The standard InChI is InChI=1S/C23H26N2O2/c26-12-11-25(16-9-10-16)23(27)24-14-15-13-21-17-5-1-3-7-19(17)22(15)20-8-4-2-6-18(20)21/h1-8,15-16,21-22,26H,9-14H2,(H,24,27)/t15-,21?,22?/m1/s1. The van der Waals surface area contributed by atoms with Crippen LogP contribution < -0.4 is 5.32 Å². The molecule has 2 aromatic carbocycles. The molecule has 4 aliphatic carbocycles. The second-order valence-electron chi connectivity index (χ2n) is 8.12. The second-order valence-corrected chi connectivity index (χ2v) is 8.12. The number of fused-ring (bicyclic) bond motifs is 1. The van der Waals surface area contributed by atoms with E-state index in [-0.39, 0.29) is 12.6 Å². The van der Waals surface area contributed by atoms with Crippen molar-refractivity contribution in [3.8, 4) is 0 Å². The summed E-state index contributed by atoms with van der Waals surface area (Å²) in [5.74, 6) is 1.20. The zero-order chi connectivity index (χ0) is 18.4. The van der Waals surface area contributed by atoms with Gasteiger partial charge in [-0.2, -0.15) is 0 Å². The van der Waals surface area contributed by atoms with Crippen LogP contribution in [-0.2, 0) is 0 Å². The summed E-state index contributed by atoms with van der Waals surface area (Å²) in [5.41, 5.74) is 5.79. The third kappa shape index (κ3) is 2.83. The Bertz CT molecular complexity index is 813. The predicted molar refractivity (Wildman–Crippen MR) is 105 cm³/mol. The van der Waals surface area contributed by atoms with Crippen molar-refractivity contribution in [3.05, 3.63) is 70.8 Å². The van der Waals surface area contributed by atoms with Crippen LogP contribution in [0.4, 0.5) is 4.79 Å².